The second-order valence-electron chi connectivity index (χ2n) is 33.5. The average Bonchev–Trinajstić information content (AvgIpc) is 1.64. The van der Waals surface area contributed by atoms with E-state index in [2.05, 4.69) is 73.1 Å². The van der Waals surface area contributed by atoms with E-state index < -0.39 is 267 Å². The third-order valence-corrected chi connectivity index (χ3v) is 24.8. The number of aromatic amines is 3. The lowest BCUT2D eigenvalue weighted by Gasteiger charge is -2.37. The van der Waals surface area contributed by atoms with Gasteiger partial charge in [-0.3, -0.25) is 86.3 Å². The molecule has 4 fully saturated rings. The zero-order valence-electron chi connectivity index (χ0n) is 74.4. The molecule has 133 heavy (non-hydrogen) atoms. The SMILES string of the molecule is CCCC[C@H]1C(=O)N(C)[C@@H](CCCC)C(=O)N[C@@H](C)C(=O)N[C@H](C(=O)NCC(N)=O)CSCC(=O)N[C@H](Cc2ccc(O)cc2)C(=O)N2CCOC[C@H]2C(=O)N[C@@H](CC(=O)O)C(=O)N2CCC[C@H]2C(=O)N[C@@H](Cc2cnc[nH]2)C(=O)N[C@@H](CCC(N)=O)C(=O)N2C[C@H](O)C[C@H]2C(=O)N[C@@H](Cc2c[nH]c3ccccc23)C(=O)N[C@@H](CO)C(=O)N[C@@H](Cc2c[nH]c3ccccc23)C(=O)N1C. The Kier molecular flexibility index (Phi) is 36.7. The number of rotatable bonds is 23. The number of H-pyrrole nitrogens is 3. The van der Waals surface area contributed by atoms with Crippen molar-refractivity contribution < 1.29 is 111 Å². The number of morpholine rings is 1. The van der Waals surface area contributed by atoms with E-state index in [-0.39, 0.29) is 76.1 Å². The Morgan fingerprint density at radius 1 is 0.556 bits per heavy atom. The van der Waals surface area contributed by atoms with Crippen LogP contribution < -0.4 is 64.6 Å². The number of aliphatic carboxylic acids is 1. The number of benzene rings is 3. The number of para-hydroxylation sites is 2. The van der Waals surface area contributed by atoms with Crippen LogP contribution in [0.3, 0.4) is 0 Å². The molecule has 7 heterocycles. The van der Waals surface area contributed by atoms with Crippen molar-refractivity contribution in [2.24, 2.45) is 11.5 Å². The van der Waals surface area contributed by atoms with Gasteiger partial charge in [-0.1, -0.05) is 88.1 Å². The maximum Gasteiger partial charge on any atom is 0.305 e. The van der Waals surface area contributed by atoms with Crippen molar-refractivity contribution in [3.63, 3.8) is 0 Å². The van der Waals surface area contributed by atoms with Crippen molar-refractivity contribution in [1.82, 2.24) is 97.6 Å². The van der Waals surface area contributed by atoms with Crippen LogP contribution in [0.4, 0.5) is 0 Å². The average molecular weight is 1870 g/mol. The van der Waals surface area contributed by atoms with Gasteiger partial charge in [0.05, 0.1) is 51.0 Å². The summed E-state index contributed by atoms with van der Waals surface area (Å²) in [6.45, 7) is 1.29. The molecule has 6 aromatic rings. The lowest BCUT2D eigenvalue weighted by atomic mass is 10.00. The number of aromatic nitrogens is 4. The van der Waals surface area contributed by atoms with E-state index in [1.165, 1.54) is 57.8 Å². The number of primary amides is 2. The first-order valence-electron chi connectivity index (χ1n) is 44.1. The monoisotopic (exact) mass is 1870 g/mol. The number of nitrogens with zero attached hydrogens (tertiary/aromatic N) is 6. The Labute approximate surface area is 768 Å². The van der Waals surface area contributed by atoms with Gasteiger partial charge in [0.15, 0.2) is 0 Å². The maximum absolute atomic E-state index is 15.6. The second kappa shape index (κ2) is 48.0. The number of aromatic hydroxyl groups is 1. The Balaban J connectivity index is 1.01. The highest BCUT2D eigenvalue weighted by Crippen LogP contribution is 2.28. The highest BCUT2D eigenvalue weighted by atomic mass is 32.2. The van der Waals surface area contributed by atoms with E-state index in [4.69, 9.17) is 16.2 Å². The molecule has 0 unspecified atom stereocenters. The first kappa shape index (κ1) is 102. The number of hydrogen-bond acceptors (Lipinski definition) is 24. The number of fused-ring (bicyclic) bond motifs is 5. The van der Waals surface area contributed by atoms with Gasteiger partial charge in [0.1, 0.15) is 90.3 Å². The molecule has 45 heteroatoms. The molecule has 0 spiro atoms. The molecule has 15 atom stereocenters. The minimum atomic E-state index is -1.96. The summed E-state index contributed by atoms with van der Waals surface area (Å²) < 4.78 is 5.69. The Morgan fingerprint density at radius 3 is 1.72 bits per heavy atom. The molecule has 44 nitrogen and oxygen atoms in total. The summed E-state index contributed by atoms with van der Waals surface area (Å²) in [5.41, 5.74) is 13.8. The predicted octanol–water partition coefficient (Wildman–Crippen LogP) is -3.97. The highest BCUT2D eigenvalue weighted by molar-refractivity contribution is 8.00. The van der Waals surface area contributed by atoms with Gasteiger partial charge in [-0.25, -0.2) is 4.98 Å². The molecule has 4 saturated heterocycles. The molecule has 3 aromatic heterocycles. The number of unbranched alkanes of at least 4 members (excludes halogenated alkanes) is 2. The van der Waals surface area contributed by atoms with Gasteiger partial charge in [-0.2, -0.15) is 0 Å². The van der Waals surface area contributed by atoms with Gasteiger partial charge in [-0.15, -0.1) is 11.8 Å². The maximum atomic E-state index is 15.6. The van der Waals surface area contributed by atoms with E-state index in [1.54, 1.807) is 60.9 Å². The van der Waals surface area contributed by atoms with Crippen LogP contribution in [-0.2, 0) is 117 Å². The van der Waals surface area contributed by atoms with Crippen molar-refractivity contribution in [2.45, 2.75) is 214 Å². The zero-order valence-corrected chi connectivity index (χ0v) is 75.2. The van der Waals surface area contributed by atoms with E-state index in [0.29, 0.717) is 64.2 Å². The van der Waals surface area contributed by atoms with Crippen LogP contribution in [0.15, 0.2) is 97.7 Å². The minimum Gasteiger partial charge on any atom is -0.508 e. The summed E-state index contributed by atoms with van der Waals surface area (Å²) in [5, 5.41) is 70.1. The third kappa shape index (κ3) is 27.3. The number of aliphatic hydroxyl groups excluding tert-OH is 2. The molecule has 0 bridgehead atoms. The number of carboxylic acids is 1. The molecule has 4 aliphatic heterocycles. The van der Waals surface area contributed by atoms with E-state index in [1.807, 2.05) is 13.8 Å². The van der Waals surface area contributed by atoms with Gasteiger partial charge in [0.2, 0.25) is 100 Å². The van der Waals surface area contributed by atoms with E-state index in [0.717, 1.165) is 36.3 Å². The number of nitrogens with two attached hydrogens (primary N) is 2. The molecular weight excluding hydrogens is 1750 g/mol. The van der Waals surface area contributed by atoms with Crippen molar-refractivity contribution in [2.75, 3.05) is 71.6 Å². The smallest absolute Gasteiger partial charge is 0.305 e. The van der Waals surface area contributed by atoms with Crippen LogP contribution >= 0.6 is 11.8 Å². The van der Waals surface area contributed by atoms with Gasteiger partial charge < -0.3 is 129 Å². The molecular formula is C88H117N21O23S. The molecule has 0 aliphatic carbocycles. The van der Waals surface area contributed by atoms with Gasteiger partial charge >= 0.3 is 5.97 Å². The second-order valence-corrected chi connectivity index (χ2v) is 34.5. The zero-order chi connectivity index (χ0) is 96.4. The number of phenolic OH excluding ortho intramolecular Hbond substituents is 1. The molecule has 4 aliphatic rings. The molecule has 17 amide bonds. The summed E-state index contributed by atoms with van der Waals surface area (Å²) in [6, 6.07) is -3.32. The van der Waals surface area contributed by atoms with Crippen LogP contribution in [0.25, 0.3) is 21.8 Å². The number of ether oxygens (including phenoxy) is 1. The predicted molar refractivity (Wildman–Crippen MR) is 478 cm³/mol. The summed E-state index contributed by atoms with van der Waals surface area (Å²) in [4.78, 5) is 280. The van der Waals surface area contributed by atoms with Crippen LogP contribution in [0.5, 0.6) is 5.75 Å². The standard InChI is InChI=1S/C88H117N21O23S/c1-6-8-19-66-80(123)96-47(3)75(118)104-65(76(119)94-40-72(90)114)44-133-45-73(115)97-61(31-48-22-24-52(111)25-23-48)86(129)108-29-30-132-43-70(108)83(126)102-63(36-74(116)117)87(130)107-28-14-21-67(107)81(124)100-60(34-51-39-91-46-95-51)78(121)98-58(26-27-71(89)113)85(128)109-41-53(112)35-69(109)82(125)99-59(32-49-37-92-56-17-12-10-15-54(49)56)77(120)103-64(42-110)79(122)101-62(33-50-38-93-57-18-13-11-16-55(50)57)84(127)106(5)68(20-9-7-2)88(131)105(66)4/h10-13,15-18,22-25,37-39,46-47,53,58-70,92-93,110-112H,6-9,14,19-21,26-36,40-45H2,1-5H3,(H2,89,113)(H2,90,114)(H,91,95)(H,94,119)(H,96,123)(H,97,115)(H,98,121)(H,99,125)(H,100,124)(H,101,122)(H,102,126)(H,103,120)(H,104,118)(H,116,117)/t47-,53+,58-,59-,60-,61+,62-,63-,64-,65-,66-,67-,68-,69-,70-/m0/s1. The minimum absolute atomic E-state index is 0.00201. The first-order valence-corrected chi connectivity index (χ1v) is 45.2. The fraction of sp³-hybridized carbons (Fsp3) is 0.511. The van der Waals surface area contributed by atoms with Crippen LogP contribution in [0.1, 0.15) is 120 Å². The number of likely N-dealkylation sites (N-methyl/N-ethyl adjacent to an activating group) is 2. The molecule has 0 radical (unpaired) electrons. The van der Waals surface area contributed by atoms with Crippen LogP contribution in [0.2, 0.25) is 0 Å². The number of phenols is 1. The lowest BCUT2D eigenvalue weighted by molar-refractivity contribution is -0.153. The summed E-state index contributed by atoms with van der Waals surface area (Å²) in [5.74, 6) is -19.5. The van der Waals surface area contributed by atoms with Crippen LogP contribution in [-0.4, -0.2) is 334 Å². The fourth-order valence-corrected chi connectivity index (χ4v) is 17.5. The van der Waals surface area contributed by atoms with E-state index >= 15 is 38.4 Å². The molecule has 21 N–H and O–H groups in total. The number of amides is 17. The van der Waals surface area contributed by atoms with Gasteiger partial charge in [0.25, 0.3) is 0 Å². The van der Waals surface area contributed by atoms with Gasteiger partial charge in [-0.05, 0) is 80.0 Å². The van der Waals surface area contributed by atoms with Crippen molar-refractivity contribution in [3.8, 4) is 5.75 Å². The van der Waals surface area contributed by atoms with Crippen molar-refractivity contribution in [1.29, 1.82) is 0 Å². The first-order chi connectivity index (χ1) is 63.6. The molecule has 0 saturated carbocycles. The molecule has 718 valence electrons. The fourth-order valence-electron chi connectivity index (χ4n) is 16.6. The summed E-state index contributed by atoms with van der Waals surface area (Å²) >= 11 is 0.762. The normalized spacial score (nSPS) is 25.4. The Bertz CT molecular complexity index is 5210. The quantitative estimate of drug-likeness (QED) is 0.0291. The number of nitrogens with one attached hydrogen (secondary N) is 13. The number of carbonyl (C=O) groups is 18. The third-order valence-electron chi connectivity index (χ3n) is 23.8. The number of carbonyl (C=O) groups excluding carboxylic acids is 17. The Morgan fingerprint density at radius 2 is 1.11 bits per heavy atom. The van der Waals surface area contributed by atoms with Crippen molar-refractivity contribution in [3.05, 3.63) is 120 Å². The van der Waals surface area contributed by atoms with E-state index in [9.17, 15) is 68.4 Å². The van der Waals surface area contributed by atoms with Crippen LogP contribution in [0, 0.1) is 0 Å². The number of imidazole rings is 1. The van der Waals surface area contributed by atoms with Gasteiger partial charge in [0, 0.05) is 124 Å². The summed E-state index contributed by atoms with van der Waals surface area (Å²) in [6.07, 6.45) is 1.96. The highest BCUT2D eigenvalue weighted by Gasteiger charge is 2.47. The number of carboxylic acid groups (broad SMARTS) is 1. The number of thioether (sulfide) groups is 1. The molecule has 10 rings (SSSR count). The summed E-state index contributed by atoms with van der Waals surface area (Å²) in [7, 11) is 2.67. The lowest BCUT2D eigenvalue weighted by Crippen LogP contribution is -2.63. The van der Waals surface area contributed by atoms with Crippen molar-refractivity contribution >= 4 is 140 Å². The topological polar surface area (TPSA) is 646 Å². The largest absolute Gasteiger partial charge is 0.508 e. The number of hydrogen-bond donors (Lipinski definition) is 19. The molecule has 3 aromatic carbocycles. The Hall–Kier alpha value is -13.6. The number of aliphatic hydroxyl groups is 2.